The summed E-state index contributed by atoms with van der Waals surface area (Å²) in [7, 11) is 0. The highest BCUT2D eigenvalue weighted by molar-refractivity contribution is 5.96. The van der Waals surface area contributed by atoms with Crippen LogP contribution < -0.4 is 19.1 Å². The van der Waals surface area contributed by atoms with Crippen LogP contribution in [0.4, 0.5) is 0 Å². The van der Waals surface area contributed by atoms with Crippen molar-refractivity contribution in [2.75, 3.05) is 39.6 Å². The molecule has 2 aliphatic heterocycles. The van der Waals surface area contributed by atoms with Gasteiger partial charge in [-0.2, -0.15) is 0 Å². The zero-order valence-electron chi connectivity index (χ0n) is 15.4. The van der Waals surface area contributed by atoms with E-state index in [2.05, 4.69) is 17.1 Å². The van der Waals surface area contributed by atoms with E-state index in [-0.39, 0.29) is 5.91 Å². The Bertz CT molecular complexity index is 819. The average molecular weight is 370 g/mol. The van der Waals surface area contributed by atoms with E-state index in [1.165, 1.54) is 10.5 Å². The first-order valence-electron chi connectivity index (χ1n) is 9.34. The van der Waals surface area contributed by atoms with E-state index in [0.717, 1.165) is 44.2 Å². The molecule has 7 heteroatoms. The van der Waals surface area contributed by atoms with Crippen LogP contribution >= 0.6 is 0 Å². The zero-order chi connectivity index (χ0) is 18.6. The van der Waals surface area contributed by atoms with E-state index >= 15 is 0 Å². The number of carbonyl (C=O) groups excluding carboxylic acids is 1. The van der Waals surface area contributed by atoms with E-state index in [1.54, 1.807) is 18.3 Å². The number of nitrogens with one attached hydrogen (secondary N) is 1. The average Bonchev–Trinajstić information content (AvgIpc) is 3.17. The second kappa shape index (κ2) is 7.84. The fraction of sp³-hybridized carbons (Fsp3) is 0.400. The molecule has 0 atom stereocenters. The van der Waals surface area contributed by atoms with E-state index in [0.29, 0.717) is 24.8 Å². The maximum atomic E-state index is 12.9. The molecule has 1 saturated heterocycles. The fourth-order valence-corrected chi connectivity index (χ4v) is 3.52. The minimum atomic E-state index is -0.00585. The van der Waals surface area contributed by atoms with E-state index in [4.69, 9.17) is 14.2 Å². The van der Waals surface area contributed by atoms with Crippen molar-refractivity contribution in [2.24, 2.45) is 0 Å². The largest absolute Gasteiger partial charge is 0.477 e. The highest BCUT2D eigenvalue weighted by atomic mass is 16.7. The van der Waals surface area contributed by atoms with Gasteiger partial charge in [0, 0.05) is 11.8 Å². The molecule has 1 aromatic heterocycles. The van der Waals surface area contributed by atoms with Crippen molar-refractivity contribution < 1.29 is 23.9 Å². The first kappa shape index (κ1) is 17.6. The van der Waals surface area contributed by atoms with Crippen LogP contribution in [0.3, 0.4) is 0 Å². The van der Waals surface area contributed by atoms with Gasteiger partial charge in [-0.3, -0.25) is 4.79 Å². The summed E-state index contributed by atoms with van der Waals surface area (Å²) in [6.45, 7) is 6.85. The lowest BCUT2D eigenvalue weighted by Crippen LogP contribution is -3.13. The Kier molecular flexibility index (Phi) is 5.11. The van der Waals surface area contributed by atoms with Gasteiger partial charge in [0.25, 0.3) is 5.91 Å². The number of hydrogen-bond donors (Lipinski definition) is 1. The molecule has 142 valence electrons. The van der Waals surface area contributed by atoms with Gasteiger partial charge in [-0.15, -0.1) is 0 Å². The molecule has 1 fully saturated rings. The summed E-state index contributed by atoms with van der Waals surface area (Å²) in [5.74, 6) is 2.04. The van der Waals surface area contributed by atoms with Crippen molar-refractivity contribution in [1.82, 2.24) is 9.88 Å². The predicted molar refractivity (Wildman–Crippen MR) is 98.3 cm³/mol. The molecule has 0 unspecified atom stereocenters. The number of piperazine rings is 1. The number of amides is 1. The highest BCUT2D eigenvalue weighted by Crippen LogP contribution is 2.32. The number of hydrogen-bond acceptors (Lipinski definition) is 5. The normalized spacial score (nSPS) is 16.4. The number of pyridine rings is 1. The van der Waals surface area contributed by atoms with Gasteiger partial charge in [0.2, 0.25) is 12.7 Å². The molecule has 7 nitrogen and oxygen atoms in total. The lowest BCUT2D eigenvalue weighted by Gasteiger charge is -2.32. The van der Waals surface area contributed by atoms with Crippen molar-refractivity contribution in [1.29, 1.82) is 0 Å². The lowest BCUT2D eigenvalue weighted by atomic mass is 10.1. The van der Waals surface area contributed by atoms with Gasteiger partial charge in [0.1, 0.15) is 12.1 Å². The molecule has 2 aromatic rings. The number of carbonyl (C=O) groups is 1. The molecule has 0 radical (unpaired) electrons. The minimum absolute atomic E-state index is 0.00585. The van der Waals surface area contributed by atoms with Crippen LogP contribution in [0.15, 0.2) is 36.5 Å². The molecule has 1 N–H and O–H groups in total. The van der Waals surface area contributed by atoms with Crippen molar-refractivity contribution in [3.8, 4) is 17.4 Å². The first-order chi connectivity index (χ1) is 13.2. The molecular formula is C20H24N3O4+. The highest BCUT2D eigenvalue weighted by Gasteiger charge is 2.27. The Labute approximate surface area is 158 Å². The van der Waals surface area contributed by atoms with Crippen molar-refractivity contribution in [3.05, 3.63) is 47.7 Å². The summed E-state index contributed by atoms with van der Waals surface area (Å²) in [6, 6.07) is 9.66. The molecule has 3 heterocycles. The van der Waals surface area contributed by atoms with Crippen molar-refractivity contribution in [3.63, 3.8) is 0 Å². The third-order valence-corrected chi connectivity index (χ3v) is 4.93. The Morgan fingerprint density at radius 2 is 2.04 bits per heavy atom. The lowest BCUT2D eigenvalue weighted by molar-refractivity contribution is -0.917. The molecule has 1 amide bonds. The van der Waals surface area contributed by atoms with Crippen LogP contribution in [0.2, 0.25) is 0 Å². The Morgan fingerprint density at radius 3 is 2.85 bits per heavy atom. The Balaban J connectivity index is 1.35. The van der Waals surface area contributed by atoms with Gasteiger partial charge in [0.15, 0.2) is 11.5 Å². The molecule has 0 aliphatic carbocycles. The van der Waals surface area contributed by atoms with Crippen LogP contribution in [-0.2, 0) is 6.54 Å². The van der Waals surface area contributed by atoms with Gasteiger partial charge in [-0.1, -0.05) is 0 Å². The third kappa shape index (κ3) is 3.83. The number of ether oxygens (including phenoxy) is 3. The number of nitrogens with zero attached hydrogens (tertiary/aromatic N) is 2. The minimum Gasteiger partial charge on any atom is -0.477 e. The van der Waals surface area contributed by atoms with Crippen LogP contribution in [0.5, 0.6) is 17.4 Å². The maximum Gasteiger partial charge on any atom is 0.259 e. The second-order valence-electron chi connectivity index (χ2n) is 6.70. The van der Waals surface area contributed by atoms with Crippen LogP contribution in [0.25, 0.3) is 0 Å². The molecule has 2 aliphatic rings. The molecule has 0 spiro atoms. The van der Waals surface area contributed by atoms with Crippen molar-refractivity contribution in [2.45, 2.75) is 13.5 Å². The molecular weight excluding hydrogens is 346 g/mol. The summed E-state index contributed by atoms with van der Waals surface area (Å²) in [4.78, 5) is 20.4. The monoisotopic (exact) mass is 370 g/mol. The first-order valence-corrected chi connectivity index (χ1v) is 9.34. The molecule has 1 aromatic carbocycles. The standard InChI is InChI=1S/C20H23N3O4/c1-2-25-19-16(4-3-7-21-19)20(24)23-10-8-22(9-11-23)13-15-5-6-17-18(12-15)27-14-26-17/h3-7,12H,2,8-11,13-14H2,1H3/p+1. The molecule has 4 rings (SSSR count). The van der Waals surface area contributed by atoms with Gasteiger partial charge < -0.3 is 24.0 Å². The molecule has 27 heavy (non-hydrogen) atoms. The van der Waals surface area contributed by atoms with E-state index < -0.39 is 0 Å². The van der Waals surface area contributed by atoms with Crippen LogP contribution in [0.1, 0.15) is 22.8 Å². The number of aromatic nitrogens is 1. The number of fused-ring (bicyclic) bond motifs is 1. The van der Waals surface area contributed by atoms with Crippen molar-refractivity contribution >= 4 is 5.91 Å². The number of quaternary nitrogens is 1. The summed E-state index contributed by atoms with van der Waals surface area (Å²) < 4.78 is 16.3. The van der Waals surface area contributed by atoms with Crippen LogP contribution in [0, 0.1) is 0 Å². The van der Waals surface area contributed by atoms with Gasteiger partial charge >= 0.3 is 0 Å². The Morgan fingerprint density at radius 1 is 1.22 bits per heavy atom. The smallest absolute Gasteiger partial charge is 0.259 e. The number of benzene rings is 1. The molecule has 0 bridgehead atoms. The quantitative estimate of drug-likeness (QED) is 0.842. The van der Waals surface area contributed by atoms with Gasteiger partial charge in [-0.25, -0.2) is 4.98 Å². The SMILES string of the molecule is CCOc1ncccc1C(=O)N1CC[NH+](Cc2ccc3c(c2)OCO3)CC1. The van der Waals surface area contributed by atoms with E-state index in [1.807, 2.05) is 17.9 Å². The topological polar surface area (TPSA) is 65.3 Å². The third-order valence-electron chi connectivity index (χ3n) is 4.93. The summed E-state index contributed by atoms with van der Waals surface area (Å²) in [5.41, 5.74) is 1.76. The molecule has 0 saturated carbocycles. The van der Waals surface area contributed by atoms with E-state index in [9.17, 15) is 4.79 Å². The van der Waals surface area contributed by atoms with Gasteiger partial charge in [0.05, 0.1) is 32.8 Å². The summed E-state index contributed by atoms with van der Waals surface area (Å²) in [5, 5.41) is 0. The maximum absolute atomic E-state index is 12.9. The van der Waals surface area contributed by atoms with Gasteiger partial charge in [-0.05, 0) is 37.3 Å². The second-order valence-corrected chi connectivity index (χ2v) is 6.70. The Hall–Kier alpha value is -2.80. The summed E-state index contributed by atoms with van der Waals surface area (Å²) in [6.07, 6.45) is 1.65. The zero-order valence-corrected chi connectivity index (χ0v) is 15.4. The number of rotatable bonds is 5. The predicted octanol–water partition coefficient (Wildman–Crippen LogP) is 0.750. The van der Waals surface area contributed by atoms with Crippen LogP contribution in [-0.4, -0.2) is 55.4 Å². The fourth-order valence-electron chi connectivity index (χ4n) is 3.52. The summed E-state index contributed by atoms with van der Waals surface area (Å²) >= 11 is 0.